The fraction of sp³-hybridized carbons (Fsp3) is 0.941. The molecule has 3 aliphatic carbocycles. The minimum atomic E-state index is -0.583. The Bertz CT molecular complexity index is 468. The van der Waals surface area contributed by atoms with E-state index in [4.69, 9.17) is 9.47 Å². The average Bonchev–Trinajstić information content (AvgIpc) is 2.92. The maximum Gasteiger partial charge on any atom is 0.509 e. The maximum absolute atomic E-state index is 12.0. The summed E-state index contributed by atoms with van der Waals surface area (Å²) in [5, 5.41) is 11.0. The Hall–Kier alpha value is -0.770. The van der Waals surface area contributed by atoms with Gasteiger partial charge in [0.1, 0.15) is 11.2 Å². The summed E-state index contributed by atoms with van der Waals surface area (Å²) in [4.78, 5) is 12.0. The van der Waals surface area contributed by atoms with Crippen molar-refractivity contribution in [3.8, 4) is 0 Å². The third-order valence-corrected chi connectivity index (χ3v) is 5.84. The van der Waals surface area contributed by atoms with E-state index in [1.165, 1.54) is 0 Å². The van der Waals surface area contributed by atoms with Crippen molar-refractivity contribution in [2.75, 3.05) is 0 Å². The maximum atomic E-state index is 12.0. The molecule has 3 saturated carbocycles. The van der Waals surface area contributed by atoms with Crippen LogP contribution >= 0.6 is 0 Å². The van der Waals surface area contributed by atoms with Gasteiger partial charge in [-0.2, -0.15) is 0 Å². The summed E-state index contributed by atoms with van der Waals surface area (Å²) in [5.74, 6) is 0.659. The van der Waals surface area contributed by atoms with Crippen LogP contribution in [-0.2, 0) is 9.47 Å². The lowest BCUT2D eigenvalue weighted by atomic mass is 9.71. The Morgan fingerprint density at radius 3 is 2.52 bits per heavy atom. The molecule has 2 bridgehead atoms. The van der Waals surface area contributed by atoms with E-state index in [9.17, 15) is 9.90 Å². The lowest BCUT2D eigenvalue weighted by Gasteiger charge is -2.42. The molecule has 4 nitrogen and oxygen atoms in total. The van der Waals surface area contributed by atoms with Crippen LogP contribution in [0.15, 0.2) is 0 Å². The van der Waals surface area contributed by atoms with E-state index >= 15 is 0 Å². The summed E-state index contributed by atoms with van der Waals surface area (Å²) in [7, 11) is 0. The summed E-state index contributed by atoms with van der Waals surface area (Å²) >= 11 is 0. The Kier molecular flexibility index (Phi) is 2.99. The van der Waals surface area contributed by atoms with Gasteiger partial charge in [0.15, 0.2) is 0 Å². The van der Waals surface area contributed by atoms with Crippen LogP contribution in [0.3, 0.4) is 0 Å². The molecule has 4 heteroatoms. The number of aliphatic hydroxyl groups is 1. The zero-order valence-electron chi connectivity index (χ0n) is 13.9. The molecule has 3 fully saturated rings. The normalized spacial score (nSPS) is 47.7. The number of ether oxygens (including phenoxy) is 2. The van der Waals surface area contributed by atoms with Crippen LogP contribution in [0.2, 0.25) is 0 Å². The summed E-state index contributed by atoms with van der Waals surface area (Å²) in [6.45, 7) is 9.59. The molecule has 0 aromatic heterocycles. The van der Waals surface area contributed by atoms with Gasteiger partial charge in [0.05, 0.1) is 5.60 Å². The zero-order valence-corrected chi connectivity index (χ0v) is 13.9. The Labute approximate surface area is 127 Å². The first kappa shape index (κ1) is 15.1. The molecule has 0 radical (unpaired) electrons. The van der Waals surface area contributed by atoms with Gasteiger partial charge in [0.25, 0.3) is 0 Å². The van der Waals surface area contributed by atoms with Crippen molar-refractivity contribution in [1.82, 2.24) is 0 Å². The van der Waals surface area contributed by atoms with Gasteiger partial charge in [0, 0.05) is 0 Å². The third kappa shape index (κ3) is 2.36. The van der Waals surface area contributed by atoms with Gasteiger partial charge in [-0.1, -0.05) is 6.92 Å². The van der Waals surface area contributed by atoms with Crippen molar-refractivity contribution >= 4 is 6.16 Å². The second-order valence-corrected chi connectivity index (χ2v) is 8.76. The van der Waals surface area contributed by atoms with E-state index in [1.54, 1.807) is 0 Å². The van der Waals surface area contributed by atoms with Crippen LogP contribution in [0.5, 0.6) is 0 Å². The first-order valence-corrected chi connectivity index (χ1v) is 8.16. The second kappa shape index (κ2) is 4.15. The molecule has 0 heterocycles. The monoisotopic (exact) mass is 296 g/mol. The van der Waals surface area contributed by atoms with E-state index in [0.29, 0.717) is 5.92 Å². The molecule has 120 valence electrons. The highest BCUT2D eigenvalue weighted by molar-refractivity contribution is 5.61. The van der Waals surface area contributed by atoms with Crippen LogP contribution in [0, 0.1) is 17.3 Å². The fourth-order valence-electron chi connectivity index (χ4n) is 5.17. The lowest BCUT2D eigenvalue weighted by Crippen LogP contribution is -2.45. The molecule has 0 aliphatic heterocycles. The molecular weight excluding hydrogens is 268 g/mol. The SMILES string of the molecule is CCC1(O)C2CC(C)(OC(=O)OC(C)(C)C)CC3(C2)CC31. The second-order valence-electron chi connectivity index (χ2n) is 8.76. The van der Waals surface area contributed by atoms with E-state index in [0.717, 1.165) is 32.1 Å². The summed E-state index contributed by atoms with van der Waals surface area (Å²) in [6, 6.07) is 0. The quantitative estimate of drug-likeness (QED) is 0.790. The van der Waals surface area contributed by atoms with Gasteiger partial charge in [-0.3, -0.25) is 0 Å². The molecule has 3 rings (SSSR count). The number of fused-ring (bicyclic) bond motifs is 1. The number of carbonyl (C=O) groups is 1. The van der Waals surface area contributed by atoms with Crippen molar-refractivity contribution in [2.45, 2.75) is 83.5 Å². The summed E-state index contributed by atoms with van der Waals surface area (Å²) in [6.07, 6.45) is 4.00. The van der Waals surface area contributed by atoms with Crippen molar-refractivity contribution in [3.63, 3.8) is 0 Å². The summed E-state index contributed by atoms with van der Waals surface area (Å²) in [5.41, 5.74) is -1.37. The van der Waals surface area contributed by atoms with Crippen LogP contribution in [0.1, 0.15) is 66.7 Å². The van der Waals surface area contributed by atoms with Crippen molar-refractivity contribution in [3.05, 3.63) is 0 Å². The van der Waals surface area contributed by atoms with Gasteiger partial charge >= 0.3 is 6.16 Å². The number of rotatable bonds is 2. The van der Waals surface area contributed by atoms with Gasteiger partial charge in [-0.05, 0) is 77.0 Å². The van der Waals surface area contributed by atoms with Crippen molar-refractivity contribution in [2.24, 2.45) is 17.3 Å². The van der Waals surface area contributed by atoms with E-state index in [1.807, 2.05) is 27.7 Å². The standard InChI is InChI=1S/C17H28O4/c1-6-17(19)11-7-15(5,10-16(8-11)9-12(16)17)21-13(18)20-14(2,3)4/h11-12,19H,6-10H2,1-5H3. The number of hydrogen-bond acceptors (Lipinski definition) is 4. The van der Waals surface area contributed by atoms with Gasteiger partial charge < -0.3 is 14.6 Å². The third-order valence-electron chi connectivity index (χ3n) is 5.84. The molecule has 0 amide bonds. The largest absolute Gasteiger partial charge is 0.509 e. The first-order valence-electron chi connectivity index (χ1n) is 8.16. The molecule has 0 aromatic rings. The van der Waals surface area contributed by atoms with Crippen LogP contribution in [0.25, 0.3) is 0 Å². The average molecular weight is 296 g/mol. The Morgan fingerprint density at radius 1 is 1.29 bits per heavy atom. The fourth-order valence-corrected chi connectivity index (χ4v) is 5.17. The van der Waals surface area contributed by atoms with E-state index in [-0.39, 0.29) is 11.3 Å². The van der Waals surface area contributed by atoms with Crippen molar-refractivity contribution in [1.29, 1.82) is 0 Å². The molecule has 3 aliphatic rings. The number of carbonyl (C=O) groups excluding carboxylic acids is 1. The van der Waals surface area contributed by atoms with Gasteiger partial charge in [-0.25, -0.2) is 4.79 Å². The molecule has 1 spiro atoms. The predicted octanol–water partition coefficient (Wildman–Crippen LogP) is 3.66. The molecule has 21 heavy (non-hydrogen) atoms. The van der Waals surface area contributed by atoms with E-state index in [2.05, 4.69) is 6.92 Å². The van der Waals surface area contributed by atoms with E-state index < -0.39 is 23.0 Å². The smallest absolute Gasteiger partial charge is 0.429 e. The molecular formula is C17H28O4. The van der Waals surface area contributed by atoms with Gasteiger partial charge in [-0.15, -0.1) is 0 Å². The lowest BCUT2D eigenvalue weighted by molar-refractivity contribution is -0.104. The van der Waals surface area contributed by atoms with Crippen LogP contribution in [-0.4, -0.2) is 28.1 Å². The highest BCUT2D eigenvalue weighted by atomic mass is 16.7. The molecule has 0 aromatic carbocycles. The molecule has 5 atom stereocenters. The summed E-state index contributed by atoms with van der Waals surface area (Å²) < 4.78 is 11.0. The predicted molar refractivity (Wildman–Crippen MR) is 78.8 cm³/mol. The minimum Gasteiger partial charge on any atom is -0.429 e. The Balaban J connectivity index is 1.72. The highest BCUT2D eigenvalue weighted by Crippen LogP contribution is 2.76. The topological polar surface area (TPSA) is 55.8 Å². The zero-order chi connectivity index (χ0) is 15.7. The van der Waals surface area contributed by atoms with Gasteiger partial charge in [0.2, 0.25) is 0 Å². The number of hydrogen-bond donors (Lipinski definition) is 1. The minimum absolute atomic E-state index is 0.213. The molecule has 5 unspecified atom stereocenters. The molecule has 0 saturated heterocycles. The van der Waals surface area contributed by atoms with Crippen LogP contribution < -0.4 is 0 Å². The highest BCUT2D eigenvalue weighted by Gasteiger charge is 2.75. The van der Waals surface area contributed by atoms with Crippen LogP contribution in [0.4, 0.5) is 4.79 Å². The Morgan fingerprint density at radius 2 is 1.95 bits per heavy atom. The molecule has 1 N–H and O–H groups in total. The first-order chi connectivity index (χ1) is 9.52. The van der Waals surface area contributed by atoms with Crippen molar-refractivity contribution < 1.29 is 19.4 Å².